The Hall–Kier alpha value is -1.95. The third-order valence-electron chi connectivity index (χ3n) is 3.57. The topological polar surface area (TPSA) is 60.2 Å². The van der Waals surface area contributed by atoms with Gasteiger partial charge in [0.05, 0.1) is 17.7 Å². The Balaban J connectivity index is 2.33. The van der Waals surface area contributed by atoms with Crippen LogP contribution in [-0.4, -0.2) is 52.1 Å². The van der Waals surface area contributed by atoms with Gasteiger partial charge in [0.1, 0.15) is 5.52 Å². The maximum Gasteiger partial charge on any atom is 0.254 e. The molecule has 0 unspecified atom stereocenters. The van der Waals surface area contributed by atoms with Gasteiger partial charge in [0.2, 0.25) is 0 Å². The van der Waals surface area contributed by atoms with E-state index in [0.717, 1.165) is 11.0 Å². The number of ether oxygens (including phenoxy) is 1. The molecule has 20 heavy (non-hydrogen) atoms. The summed E-state index contributed by atoms with van der Waals surface area (Å²) < 4.78 is 6.83. The summed E-state index contributed by atoms with van der Waals surface area (Å²) in [5, 5.41) is 7.95. The smallest absolute Gasteiger partial charge is 0.254 e. The summed E-state index contributed by atoms with van der Waals surface area (Å²) >= 11 is 0. The highest BCUT2D eigenvalue weighted by molar-refractivity contribution is 5.97. The minimum Gasteiger partial charge on any atom is -0.382 e. The van der Waals surface area contributed by atoms with Crippen LogP contribution >= 0.6 is 0 Å². The second kappa shape index (κ2) is 5.20. The van der Waals surface area contributed by atoms with Crippen LogP contribution in [-0.2, 0) is 11.8 Å². The highest BCUT2D eigenvalue weighted by Crippen LogP contribution is 2.19. The number of carbonyl (C=O) groups is 1. The number of carbonyl (C=O) groups excluding carboxylic acids is 1. The third kappa shape index (κ3) is 2.51. The Bertz CT molecular complexity index is 633. The molecule has 1 amide bonds. The fourth-order valence-corrected chi connectivity index (χ4v) is 2.08. The van der Waals surface area contributed by atoms with Crippen LogP contribution in [0.25, 0.3) is 11.0 Å². The van der Waals surface area contributed by atoms with E-state index in [-0.39, 0.29) is 11.4 Å². The van der Waals surface area contributed by atoms with E-state index in [1.165, 1.54) is 0 Å². The molecule has 0 radical (unpaired) electrons. The molecule has 2 rings (SSSR count). The average molecular weight is 276 g/mol. The van der Waals surface area contributed by atoms with E-state index < -0.39 is 0 Å². The van der Waals surface area contributed by atoms with Crippen LogP contribution in [0.4, 0.5) is 0 Å². The average Bonchev–Trinajstić information content (AvgIpc) is 2.78. The predicted molar refractivity (Wildman–Crippen MR) is 76.6 cm³/mol. The van der Waals surface area contributed by atoms with Crippen LogP contribution in [0.1, 0.15) is 24.2 Å². The predicted octanol–water partition coefficient (Wildman–Crippen LogP) is 1.47. The summed E-state index contributed by atoms with van der Waals surface area (Å²) in [6.45, 7) is 4.42. The fraction of sp³-hybridized carbons (Fsp3) is 0.500. The minimum atomic E-state index is -0.370. The van der Waals surface area contributed by atoms with Gasteiger partial charge in [0, 0.05) is 26.8 Å². The lowest BCUT2D eigenvalue weighted by molar-refractivity contribution is 0.0366. The number of nitrogens with zero attached hydrogens (tertiary/aromatic N) is 4. The van der Waals surface area contributed by atoms with Crippen molar-refractivity contribution in [3.05, 3.63) is 23.8 Å². The van der Waals surface area contributed by atoms with Gasteiger partial charge < -0.3 is 9.64 Å². The van der Waals surface area contributed by atoms with Gasteiger partial charge in [0.25, 0.3) is 5.91 Å². The first kappa shape index (κ1) is 14.5. The highest BCUT2D eigenvalue weighted by Gasteiger charge is 2.28. The van der Waals surface area contributed by atoms with Crippen LogP contribution in [0, 0.1) is 0 Å². The molecule has 0 saturated carbocycles. The lowest BCUT2D eigenvalue weighted by Gasteiger charge is -2.35. The van der Waals surface area contributed by atoms with Crippen LogP contribution in [0.2, 0.25) is 0 Å². The second-order valence-electron chi connectivity index (χ2n) is 5.53. The zero-order chi connectivity index (χ0) is 14.9. The van der Waals surface area contributed by atoms with Crippen LogP contribution in [0.15, 0.2) is 18.2 Å². The number of rotatable bonds is 4. The molecule has 0 spiro atoms. The molecule has 0 saturated heterocycles. The van der Waals surface area contributed by atoms with Crippen molar-refractivity contribution in [1.29, 1.82) is 0 Å². The third-order valence-corrected chi connectivity index (χ3v) is 3.57. The number of fused-ring (bicyclic) bond motifs is 1. The Morgan fingerprint density at radius 3 is 2.80 bits per heavy atom. The van der Waals surface area contributed by atoms with Crippen molar-refractivity contribution in [2.45, 2.75) is 19.4 Å². The summed E-state index contributed by atoms with van der Waals surface area (Å²) in [4.78, 5) is 14.3. The standard InChI is InChI=1S/C14H20N4O2/c1-14(2,9-20-5)17(3)13(19)10-6-7-11-12(8-10)18(4)16-15-11/h6-8H,9H2,1-5H3. The number of aryl methyl sites for hydroxylation is 1. The number of benzene rings is 1. The molecule has 6 nitrogen and oxygen atoms in total. The fourth-order valence-electron chi connectivity index (χ4n) is 2.08. The Kier molecular flexibility index (Phi) is 3.76. The van der Waals surface area contributed by atoms with E-state index in [4.69, 9.17) is 4.74 Å². The summed E-state index contributed by atoms with van der Waals surface area (Å²) in [6.07, 6.45) is 0. The van der Waals surface area contributed by atoms with Gasteiger partial charge in [-0.15, -0.1) is 5.10 Å². The normalized spacial score (nSPS) is 11.8. The molecule has 0 bridgehead atoms. The summed E-state index contributed by atoms with van der Waals surface area (Å²) in [6, 6.07) is 5.41. The van der Waals surface area contributed by atoms with Crippen molar-refractivity contribution in [2.24, 2.45) is 7.05 Å². The molecule has 1 aromatic heterocycles. The summed E-state index contributed by atoms with van der Waals surface area (Å²) in [7, 11) is 5.22. The molecule has 2 aromatic rings. The molecule has 0 atom stereocenters. The van der Waals surface area contributed by atoms with Gasteiger partial charge in [-0.25, -0.2) is 4.68 Å². The Morgan fingerprint density at radius 2 is 2.15 bits per heavy atom. The van der Waals surface area contributed by atoms with Crippen LogP contribution in [0.5, 0.6) is 0 Å². The first-order valence-corrected chi connectivity index (χ1v) is 6.43. The molecule has 108 valence electrons. The molecule has 0 aliphatic rings. The first-order valence-electron chi connectivity index (χ1n) is 6.43. The van der Waals surface area contributed by atoms with Gasteiger partial charge in [0.15, 0.2) is 0 Å². The second-order valence-corrected chi connectivity index (χ2v) is 5.53. The lowest BCUT2D eigenvalue weighted by atomic mass is 10.0. The van der Waals surface area contributed by atoms with Crippen LogP contribution < -0.4 is 0 Å². The maximum absolute atomic E-state index is 12.6. The van der Waals surface area contributed by atoms with Gasteiger partial charge in [-0.05, 0) is 32.0 Å². The Morgan fingerprint density at radius 1 is 1.45 bits per heavy atom. The lowest BCUT2D eigenvalue weighted by Crippen LogP contribution is -2.48. The molecule has 6 heteroatoms. The minimum absolute atomic E-state index is 0.0462. The number of amides is 1. The zero-order valence-electron chi connectivity index (χ0n) is 12.5. The molecule has 0 aliphatic heterocycles. The van der Waals surface area contributed by atoms with Crippen molar-refractivity contribution < 1.29 is 9.53 Å². The zero-order valence-corrected chi connectivity index (χ0v) is 12.5. The van der Waals surface area contributed by atoms with E-state index in [9.17, 15) is 4.79 Å². The first-order chi connectivity index (χ1) is 9.36. The summed E-state index contributed by atoms with van der Waals surface area (Å²) in [5.41, 5.74) is 1.87. The monoisotopic (exact) mass is 276 g/mol. The van der Waals surface area contributed by atoms with Crippen LogP contribution in [0.3, 0.4) is 0 Å². The quantitative estimate of drug-likeness (QED) is 0.848. The van der Waals surface area contributed by atoms with E-state index in [1.807, 2.05) is 33.0 Å². The van der Waals surface area contributed by atoms with E-state index in [1.54, 1.807) is 29.8 Å². The van der Waals surface area contributed by atoms with Gasteiger partial charge in [-0.1, -0.05) is 5.21 Å². The maximum atomic E-state index is 12.6. The number of methoxy groups -OCH3 is 1. The van der Waals surface area contributed by atoms with Crippen molar-refractivity contribution in [2.75, 3.05) is 20.8 Å². The summed E-state index contributed by atoms with van der Waals surface area (Å²) in [5.74, 6) is -0.0462. The van der Waals surface area contributed by atoms with E-state index in [2.05, 4.69) is 10.3 Å². The Labute approximate surface area is 118 Å². The molecule has 0 N–H and O–H groups in total. The highest BCUT2D eigenvalue weighted by atomic mass is 16.5. The van der Waals surface area contributed by atoms with Crippen molar-refractivity contribution in [3.63, 3.8) is 0 Å². The number of hydrogen-bond donors (Lipinski definition) is 0. The molecular formula is C14H20N4O2. The number of likely N-dealkylation sites (N-methyl/N-ethyl adjacent to an activating group) is 1. The molecule has 0 aliphatic carbocycles. The number of hydrogen-bond acceptors (Lipinski definition) is 4. The van der Waals surface area contributed by atoms with Gasteiger partial charge in [-0.2, -0.15) is 0 Å². The molecular weight excluding hydrogens is 256 g/mol. The number of aromatic nitrogens is 3. The van der Waals surface area contributed by atoms with Crippen molar-refractivity contribution in [3.8, 4) is 0 Å². The van der Waals surface area contributed by atoms with E-state index in [0.29, 0.717) is 12.2 Å². The van der Waals surface area contributed by atoms with Crippen molar-refractivity contribution >= 4 is 16.9 Å². The van der Waals surface area contributed by atoms with E-state index >= 15 is 0 Å². The molecule has 1 heterocycles. The largest absolute Gasteiger partial charge is 0.382 e. The molecule has 1 aromatic carbocycles. The van der Waals surface area contributed by atoms with Gasteiger partial charge in [-0.3, -0.25) is 4.79 Å². The SMILES string of the molecule is COCC(C)(C)N(C)C(=O)c1ccc2nnn(C)c2c1. The van der Waals surface area contributed by atoms with Gasteiger partial charge >= 0.3 is 0 Å². The molecule has 0 fully saturated rings. The van der Waals surface area contributed by atoms with Crippen molar-refractivity contribution in [1.82, 2.24) is 19.9 Å².